The predicted octanol–water partition coefficient (Wildman–Crippen LogP) is 6.40. The molecule has 0 unspecified atom stereocenters. The average molecular weight is 762 g/mol. The number of ether oxygens (including phenoxy) is 4. The van der Waals surface area contributed by atoms with Crippen molar-refractivity contribution in [2.75, 3.05) is 26.4 Å². The number of amides is 2. The van der Waals surface area contributed by atoms with Gasteiger partial charge >= 0.3 is 12.1 Å². The second-order valence-electron chi connectivity index (χ2n) is 13.6. The van der Waals surface area contributed by atoms with E-state index in [0.29, 0.717) is 29.7 Å². The highest BCUT2D eigenvalue weighted by Crippen LogP contribution is 2.32. The first kappa shape index (κ1) is 41.4. The molecule has 1 N–H and O–H groups in total. The summed E-state index contributed by atoms with van der Waals surface area (Å²) in [7, 11) is 0. The third-order valence-electron chi connectivity index (χ3n) is 9.29. The number of aryl methyl sites for hydroxylation is 1. The van der Waals surface area contributed by atoms with Crippen molar-refractivity contribution in [2.24, 2.45) is 5.92 Å². The number of aliphatic hydroxyl groups is 1. The minimum atomic E-state index is -1.69. The van der Waals surface area contributed by atoms with Crippen molar-refractivity contribution in [1.82, 2.24) is 4.90 Å². The molecule has 0 aromatic heterocycles. The number of hydrogen-bond acceptors (Lipinski definition) is 10. The molecule has 0 bridgehead atoms. The number of aliphatic hydroxyl groups excluding tert-OH is 1. The number of benzene rings is 4. The molecule has 1 saturated heterocycles. The van der Waals surface area contributed by atoms with E-state index in [9.17, 15) is 29.1 Å². The molecule has 0 radical (unpaired) electrons. The first-order valence-corrected chi connectivity index (χ1v) is 18.6. The fraction of sp³-hybridized carbons (Fsp3) is 0.311. The molecule has 292 valence electrons. The zero-order valence-corrected chi connectivity index (χ0v) is 31.6. The van der Waals surface area contributed by atoms with Gasteiger partial charge in [0.15, 0.2) is 17.7 Å². The number of Topliss-reactive ketones (excluding diaryl/α,β-unsaturated/α-hetero) is 1. The molecule has 5 rings (SSSR count). The van der Waals surface area contributed by atoms with Crippen LogP contribution in [-0.4, -0.2) is 78.2 Å². The van der Waals surface area contributed by atoms with Crippen LogP contribution in [0, 0.1) is 12.8 Å². The summed E-state index contributed by atoms with van der Waals surface area (Å²) in [6, 6.07) is 33.7. The number of cyclic esters (lactones) is 1. The molecule has 1 heterocycles. The first-order chi connectivity index (χ1) is 27.1. The van der Waals surface area contributed by atoms with Gasteiger partial charge in [-0.1, -0.05) is 121 Å². The maximum Gasteiger partial charge on any atom is 0.417 e. The summed E-state index contributed by atoms with van der Waals surface area (Å²) in [5, 5.41) is 9.77. The Kier molecular flexibility index (Phi) is 15.4. The molecule has 1 aliphatic heterocycles. The van der Waals surface area contributed by atoms with E-state index < -0.39 is 47.9 Å². The molecular weight excluding hydrogens is 714 g/mol. The number of carbonyl (C=O) groups excluding carboxylic acids is 5. The maximum atomic E-state index is 14.5. The lowest BCUT2D eigenvalue weighted by Crippen LogP contribution is -2.47. The summed E-state index contributed by atoms with van der Waals surface area (Å²) in [6.07, 6.45) is -1.74. The van der Waals surface area contributed by atoms with Gasteiger partial charge in [0.25, 0.3) is 0 Å². The van der Waals surface area contributed by atoms with Crippen molar-refractivity contribution in [1.29, 1.82) is 0 Å². The van der Waals surface area contributed by atoms with E-state index in [2.05, 4.69) is 0 Å². The number of esters is 1. The summed E-state index contributed by atoms with van der Waals surface area (Å²) >= 11 is 0. The van der Waals surface area contributed by atoms with Crippen molar-refractivity contribution in [3.8, 4) is 0 Å². The van der Waals surface area contributed by atoms with Gasteiger partial charge in [-0.3, -0.25) is 19.2 Å². The van der Waals surface area contributed by atoms with Crippen molar-refractivity contribution >= 4 is 35.1 Å². The van der Waals surface area contributed by atoms with E-state index in [0.717, 1.165) is 29.0 Å². The minimum Gasteiger partial charge on any atom is -0.453 e. The van der Waals surface area contributed by atoms with Crippen LogP contribution in [0.25, 0.3) is 5.57 Å². The van der Waals surface area contributed by atoms with E-state index in [4.69, 9.17) is 18.9 Å². The van der Waals surface area contributed by atoms with Gasteiger partial charge in [0.2, 0.25) is 5.91 Å². The minimum absolute atomic E-state index is 0.00466. The van der Waals surface area contributed by atoms with Gasteiger partial charge in [0, 0.05) is 25.5 Å². The molecule has 4 atom stereocenters. The van der Waals surface area contributed by atoms with Crippen LogP contribution in [0.15, 0.2) is 121 Å². The Balaban J connectivity index is 1.38. The Morgan fingerprint density at radius 1 is 0.893 bits per heavy atom. The van der Waals surface area contributed by atoms with Crippen LogP contribution in [0.1, 0.15) is 53.6 Å². The Morgan fingerprint density at radius 3 is 2.20 bits per heavy atom. The van der Waals surface area contributed by atoms with Crippen molar-refractivity contribution in [3.05, 3.63) is 149 Å². The third kappa shape index (κ3) is 11.6. The second-order valence-corrected chi connectivity index (χ2v) is 13.6. The molecule has 0 aliphatic carbocycles. The quantitative estimate of drug-likeness (QED) is 0.0610. The van der Waals surface area contributed by atoms with Crippen molar-refractivity contribution in [2.45, 2.75) is 58.0 Å². The Labute approximate surface area is 326 Å². The number of hydrogen-bond donors (Lipinski definition) is 1. The standard InChI is InChI=1S/C45H47NO10/c1-31-14-12-21-36(24-31)38(41(49)22-13-23-53-29-37(27-47)54-28-34-17-8-4-9-18-34)26-42(50)43(56-32(2)48)39(25-33-15-6-3-7-16-33)44(51)46-40(30-55-45(46)52)35-19-10-5-11-20-35/h3-12,14-21,24,26,37,39-40,43,47H,13,22-23,25,27-30H2,1-2H3/t37-,39-,40-,43+/m1/s1. The lowest BCUT2D eigenvalue weighted by atomic mass is 9.87. The molecule has 56 heavy (non-hydrogen) atoms. The van der Waals surface area contributed by atoms with Gasteiger partial charge in [-0.2, -0.15) is 0 Å². The topological polar surface area (TPSA) is 146 Å². The maximum absolute atomic E-state index is 14.5. The zero-order valence-electron chi connectivity index (χ0n) is 31.6. The Bertz CT molecular complexity index is 1960. The molecule has 4 aromatic carbocycles. The lowest BCUT2D eigenvalue weighted by molar-refractivity contribution is -0.158. The van der Waals surface area contributed by atoms with E-state index >= 15 is 0 Å². The van der Waals surface area contributed by atoms with Gasteiger partial charge < -0.3 is 24.1 Å². The number of ketones is 2. The fourth-order valence-corrected chi connectivity index (χ4v) is 6.46. The van der Waals surface area contributed by atoms with Gasteiger partial charge in [-0.25, -0.2) is 9.69 Å². The first-order valence-electron chi connectivity index (χ1n) is 18.6. The van der Waals surface area contributed by atoms with E-state index in [-0.39, 0.29) is 50.6 Å². The molecule has 0 saturated carbocycles. The molecule has 1 aliphatic rings. The molecular formula is C45H47NO10. The fourth-order valence-electron chi connectivity index (χ4n) is 6.46. The number of nitrogens with zero attached hydrogens (tertiary/aromatic N) is 1. The van der Waals surface area contributed by atoms with Crippen LogP contribution < -0.4 is 0 Å². The highest BCUT2D eigenvalue weighted by molar-refractivity contribution is 6.25. The molecule has 1 fully saturated rings. The predicted molar refractivity (Wildman–Crippen MR) is 208 cm³/mol. The van der Waals surface area contributed by atoms with E-state index in [1.807, 2.05) is 49.4 Å². The summed E-state index contributed by atoms with van der Waals surface area (Å²) in [4.78, 5) is 69.6. The van der Waals surface area contributed by atoms with Crippen LogP contribution in [0.4, 0.5) is 4.79 Å². The molecule has 4 aromatic rings. The smallest absolute Gasteiger partial charge is 0.417 e. The SMILES string of the molecule is CC(=O)O[C@H](C(=O)C=C(C(=O)CCCOC[C@@H](CO)OCc1ccccc1)c1cccc(C)c1)[C@@H](Cc1ccccc1)C(=O)N1C(=O)OC[C@@H]1c1ccccc1. The van der Waals surface area contributed by atoms with Gasteiger partial charge in [0.1, 0.15) is 18.8 Å². The van der Waals surface area contributed by atoms with Gasteiger partial charge in [-0.05, 0) is 48.1 Å². The van der Waals surface area contributed by atoms with Crippen LogP contribution in [-0.2, 0) is 51.2 Å². The Hall–Kier alpha value is -5.75. The van der Waals surface area contributed by atoms with Crippen LogP contribution >= 0.6 is 0 Å². The number of imide groups is 1. The number of carbonyl (C=O) groups is 5. The van der Waals surface area contributed by atoms with Crippen molar-refractivity contribution < 1.29 is 48.0 Å². The number of rotatable bonds is 20. The summed E-state index contributed by atoms with van der Waals surface area (Å²) in [5.41, 5.74) is 3.66. The monoisotopic (exact) mass is 761 g/mol. The van der Waals surface area contributed by atoms with E-state index in [1.165, 1.54) is 0 Å². The largest absolute Gasteiger partial charge is 0.453 e. The van der Waals surface area contributed by atoms with Crippen molar-refractivity contribution in [3.63, 3.8) is 0 Å². The summed E-state index contributed by atoms with van der Waals surface area (Å²) in [6.45, 7) is 3.28. The van der Waals surface area contributed by atoms with Crippen LogP contribution in [0.5, 0.6) is 0 Å². The Morgan fingerprint density at radius 2 is 1.55 bits per heavy atom. The highest BCUT2D eigenvalue weighted by Gasteiger charge is 2.46. The highest BCUT2D eigenvalue weighted by atomic mass is 16.6. The molecule has 0 spiro atoms. The molecule has 11 heteroatoms. The second kappa shape index (κ2) is 20.8. The molecule has 2 amide bonds. The molecule has 11 nitrogen and oxygen atoms in total. The third-order valence-corrected chi connectivity index (χ3v) is 9.29. The number of allylic oxidation sites excluding steroid dienone is 1. The van der Waals surface area contributed by atoms with Gasteiger partial charge in [0.05, 0.1) is 25.7 Å². The summed E-state index contributed by atoms with van der Waals surface area (Å²) < 4.78 is 22.5. The van der Waals surface area contributed by atoms with Crippen LogP contribution in [0.3, 0.4) is 0 Å². The van der Waals surface area contributed by atoms with Gasteiger partial charge in [-0.15, -0.1) is 0 Å². The lowest BCUT2D eigenvalue weighted by Gasteiger charge is -2.29. The summed E-state index contributed by atoms with van der Waals surface area (Å²) in [5.74, 6) is -4.09. The average Bonchev–Trinajstić information content (AvgIpc) is 3.60. The van der Waals surface area contributed by atoms with Crippen LogP contribution in [0.2, 0.25) is 0 Å². The van der Waals surface area contributed by atoms with E-state index in [1.54, 1.807) is 72.8 Å². The normalized spacial score (nSPS) is 15.8. The zero-order chi connectivity index (χ0) is 39.9.